The van der Waals surface area contributed by atoms with Crippen LogP contribution in [-0.4, -0.2) is 55.8 Å². The molecule has 0 aromatic carbocycles. The van der Waals surface area contributed by atoms with Gasteiger partial charge in [-0.2, -0.15) is 11.8 Å². The Kier molecular flexibility index (Phi) is 5.86. The van der Waals surface area contributed by atoms with E-state index in [2.05, 4.69) is 23.7 Å². The van der Waals surface area contributed by atoms with Gasteiger partial charge < -0.3 is 15.4 Å². The van der Waals surface area contributed by atoms with Crippen LogP contribution in [0.15, 0.2) is 0 Å². The number of nitrogens with two attached hydrogens (primary N) is 1. The largest absolute Gasteiger partial charge is 0.380 e. The number of methoxy groups -OCH3 is 1. The van der Waals surface area contributed by atoms with Crippen LogP contribution in [0.2, 0.25) is 0 Å². The maximum Gasteiger partial charge on any atom is 0.0705 e. The van der Waals surface area contributed by atoms with E-state index >= 15 is 0 Å². The molecule has 1 saturated heterocycles. The zero-order valence-electron chi connectivity index (χ0n) is 9.24. The van der Waals surface area contributed by atoms with Crippen LogP contribution in [0, 0.1) is 0 Å². The van der Waals surface area contributed by atoms with Crippen LogP contribution in [-0.2, 0) is 4.74 Å². The van der Waals surface area contributed by atoms with Crippen molar-refractivity contribution in [3.63, 3.8) is 0 Å². The van der Waals surface area contributed by atoms with E-state index in [9.17, 15) is 0 Å². The Morgan fingerprint density at radius 1 is 1.64 bits per heavy atom. The first kappa shape index (κ1) is 12.3. The summed E-state index contributed by atoms with van der Waals surface area (Å²) in [5.74, 6) is 2.61. The molecule has 0 aromatic rings. The summed E-state index contributed by atoms with van der Waals surface area (Å²) in [5.41, 5.74) is 5.58. The standard InChI is InChI=1S/C10H22N2OS/c1-12(9-4-6-14-8-9)5-3-10(7-11)13-2/h9-10H,3-8,11H2,1-2H3. The zero-order valence-corrected chi connectivity index (χ0v) is 10.1. The summed E-state index contributed by atoms with van der Waals surface area (Å²) in [4.78, 5) is 2.45. The highest BCUT2D eigenvalue weighted by Gasteiger charge is 2.20. The van der Waals surface area contributed by atoms with Gasteiger partial charge in [-0.3, -0.25) is 0 Å². The second-order valence-corrected chi connectivity index (χ2v) is 5.03. The normalized spacial score (nSPS) is 24.4. The van der Waals surface area contributed by atoms with Crippen LogP contribution in [0.3, 0.4) is 0 Å². The van der Waals surface area contributed by atoms with Crippen molar-refractivity contribution in [3.05, 3.63) is 0 Å². The van der Waals surface area contributed by atoms with Crippen LogP contribution in [0.1, 0.15) is 12.8 Å². The highest BCUT2D eigenvalue weighted by Crippen LogP contribution is 2.21. The number of hydrogen-bond acceptors (Lipinski definition) is 4. The van der Waals surface area contributed by atoms with Crippen LogP contribution in [0.4, 0.5) is 0 Å². The van der Waals surface area contributed by atoms with Gasteiger partial charge in [0.05, 0.1) is 6.10 Å². The molecule has 1 fully saturated rings. The Labute approximate surface area is 91.4 Å². The van der Waals surface area contributed by atoms with Gasteiger partial charge >= 0.3 is 0 Å². The summed E-state index contributed by atoms with van der Waals surface area (Å²) in [6.07, 6.45) is 2.61. The van der Waals surface area contributed by atoms with E-state index in [1.165, 1.54) is 17.9 Å². The predicted molar refractivity (Wildman–Crippen MR) is 62.8 cm³/mol. The highest BCUT2D eigenvalue weighted by molar-refractivity contribution is 7.99. The first-order chi connectivity index (χ1) is 6.77. The number of thioether (sulfide) groups is 1. The maximum atomic E-state index is 5.58. The number of ether oxygens (including phenoxy) is 1. The number of nitrogens with zero attached hydrogens (tertiary/aromatic N) is 1. The molecule has 2 unspecified atom stereocenters. The molecular formula is C10H22N2OS. The zero-order chi connectivity index (χ0) is 10.4. The van der Waals surface area contributed by atoms with Gasteiger partial charge in [-0.1, -0.05) is 0 Å². The van der Waals surface area contributed by atoms with Crippen molar-refractivity contribution in [2.45, 2.75) is 25.0 Å². The summed E-state index contributed by atoms with van der Waals surface area (Å²) >= 11 is 2.06. The molecule has 0 aliphatic carbocycles. The molecule has 0 amide bonds. The van der Waals surface area contributed by atoms with E-state index in [0.717, 1.165) is 19.0 Å². The van der Waals surface area contributed by atoms with Gasteiger partial charge in [0.25, 0.3) is 0 Å². The van der Waals surface area contributed by atoms with Crippen molar-refractivity contribution < 1.29 is 4.74 Å². The van der Waals surface area contributed by atoms with Crippen LogP contribution >= 0.6 is 11.8 Å². The molecular weight excluding hydrogens is 196 g/mol. The van der Waals surface area contributed by atoms with Crippen molar-refractivity contribution in [1.82, 2.24) is 4.90 Å². The third-order valence-electron chi connectivity index (χ3n) is 2.93. The molecule has 1 aliphatic heterocycles. The molecule has 0 spiro atoms. The molecule has 2 atom stereocenters. The Bertz CT molecular complexity index is 147. The van der Waals surface area contributed by atoms with Gasteiger partial charge in [-0.15, -0.1) is 0 Å². The molecule has 1 heterocycles. The van der Waals surface area contributed by atoms with E-state index in [0.29, 0.717) is 6.54 Å². The average molecular weight is 218 g/mol. The summed E-state index contributed by atoms with van der Waals surface area (Å²) < 4.78 is 5.26. The third kappa shape index (κ3) is 3.77. The minimum atomic E-state index is 0.228. The smallest absolute Gasteiger partial charge is 0.0705 e. The average Bonchev–Trinajstić information content (AvgIpc) is 2.72. The second kappa shape index (κ2) is 6.67. The van der Waals surface area contributed by atoms with Gasteiger partial charge in [-0.05, 0) is 25.6 Å². The van der Waals surface area contributed by atoms with E-state index in [1.54, 1.807) is 7.11 Å². The summed E-state index contributed by atoms with van der Waals surface area (Å²) in [7, 11) is 3.95. The summed E-state index contributed by atoms with van der Waals surface area (Å²) in [6.45, 7) is 1.73. The molecule has 0 bridgehead atoms. The number of hydrogen-bond donors (Lipinski definition) is 1. The molecule has 84 valence electrons. The lowest BCUT2D eigenvalue weighted by Gasteiger charge is -2.25. The molecule has 2 N–H and O–H groups in total. The summed E-state index contributed by atoms with van der Waals surface area (Å²) in [6, 6.07) is 0.773. The fourth-order valence-electron chi connectivity index (χ4n) is 1.73. The molecule has 1 aliphatic rings. The Balaban J connectivity index is 2.15. The van der Waals surface area contributed by atoms with Gasteiger partial charge in [0.1, 0.15) is 0 Å². The van der Waals surface area contributed by atoms with Crippen molar-refractivity contribution in [2.75, 3.05) is 38.8 Å². The minimum Gasteiger partial charge on any atom is -0.380 e. The van der Waals surface area contributed by atoms with E-state index < -0.39 is 0 Å². The summed E-state index contributed by atoms with van der Waals surface area (Å²) in [5, 5.41) is 0. The van der Waals surface area contributed by atoms with Gasteiger partial charge in [0.15, 0.2) is 0 Å². The minimum absolute atomic E-state index is 0.228. The third-order valence-corrected chi connectivity index (χ3v) is 4.07. The first-order valence-corrected chi connectivity index (χ1v) is 6.44. The van der Waals surface area contributed by atoms with Gasteiger partial charge in [-0.25, -0.2) is 0 Å². The van der Waals surface area contributed by atoms with Gasteiger partial charge in [0.2, 0.25) is 0 Å². The fraction of sp³-hybridized carbons (Fsp3) is 1.00. The molecule has 0 aromatic heterocycles. The van der Waals surface area contributed by atoms with Crippen molar-refractivity contribution >= 4 is 11.8 Å². The Morgan fingerprint density at radius 3 is 2.93 bits per heavy atom. The molecule has 3 nitrogen and oxygen atoms in total. The monoisotopic (exact) mass is 218 g/mol. The lowest BCUT2D eigenvalue weighted by molar-refractivity contribution is 0.0886. The SMILES string of the molecule is COC(CN)CCN(C)C1CCSC1. The Morgan fingerprint density at radius 2 is 2.43 bits per heavy atom. The van der Waals surface area contributed by atoms with Crippen LogP contribution in [0.5, 0.6) is 0 Å². The van der Waals surface area contributed by atoms with Gasteiger partial charge in [0, 0.05) is 32.0 Å². The molecule has 4 heteroatoms. The quantitative estimate of drug-likeness (QED) is 0.715. The topological polar surface area (TPSA) is 38.5 Å². The lowest BCUT2D eigenvalue weighted by Crippen LogP contribution is -2.35. The number of rotatable bonds is 6. The van der Waals surface area contributed by atoms with Crippen LogP contribution < -0.4 is 5.73 Å². The van der Waals surface area contributed by atoms with Crippen molar-refractivity contribution in [2.24, 2.45) is 5.73 Å². The lowest BCUT2D eigenvalue weighted by atomic mass is 10.2. The fourth-order valence-corrected chi connectivity index (χ4v) is 3.03. The van der Waals surface area contributed by atoms with E-state index in [4.69, 9.17) is 10.5 Å². The molecule has 1 rings (SSSR count). The molecule has 0 radical (unpaired) electrons. The van der Waals surface area contributed by atoms with E-state index in [-0.39, 0.29) is 6.10 Å². The highest BCUT2D eigenvalue weighted by atomic mass is 32.2. The predicted octanol–water partition coefficient (Wildman–Crippen LogP) is 0.787. The van der Waals surface area contributed by atoms with Crippen LogP contribution in [0.25, 0.3) is 0 Å². The second-order valence-electron chi connectivity index (χ2n) is 3.88. The van der Waals surface area contributed by atoms with Crippen molar-refractivity contribution in [1.29, 1.82) is 0 Å². The maximum absolute atomic E-state index is 5.58. The Hall–Kier alpha value is 0.230. The van der Waals surface area contributed by atoms with Crippen molar-refractivity contribution in [3.8, 4) is 0 Å². The molecule has 0 saturated carbocycles. The van der Waals surface area contributed by atoms with E-state index in [1.807, 2.05) is 0 Å². The molecule has 14 heavy (non-hydrogen) atoms. The first-order valence-electron chi connectivity index (χ1n) is 5.28.